The van der Waals surface area contributed by atoms with E-state index in [0.717, 1.165) is 5.56 Å². The summed E-state index contributed by atoms with van der Waals surface area (Å²) in [6, 6.07) is 51.6. The van der Waals surface area contributed by atoms with Gasteiger partial charge in [-0.2, -0.15) is 5.26 Å². The first-order valence-electron chi connectivity index (χ1n) is 12.8. The predicted octanol–water partition coefficient (Wildman–Crippen LogP) is 10.0. The molecule has 0 aromatic heterocycles. The maximum atomic E-state index is 9.37. The van der Waals surface area contributed by atoms with E-state index in [1.807, 2.05) is 12.1 Å². The molecule has 0 aliphatic rings. The highest BCUT2D eigenvalue weighted by molar-refractivity contribution is 6.23. The van der Waals surface area contributed by atoms with Crippen LogP contribution in [0.2, 0.25) is 0 Å². The average molecular weight is 482 g/mol. The largest absolute Gasteiger partial charge is 0.192 e. The van der Waals surface area contributed by atoms with Crippen molar-refractivity contribution in [2.45, 2.75) is 0 Å². The average Bonchev–Trinajstić information content (AvgIpc) is 2.99. The number of nitrogens with zero attached hydrogens (tertiary/aromatic N) is 1. The molecule has 38 heavy (non-hydrogen) atoms. The molecule has 0 spiro atoms. The third-order valence-corrected chi connectivity index (χ3v) is 7.47. The smallest absolute Gasteiger partial charge is 0.0991 e. The van der Waals surface area contributed by atoms with Crippen LogP contribution < -0.4 is 0 Å². The molecule has 7 aromatic carbocycles. The first kappa shape index (κ1) is 22.0. The van der Waals surface area contributed by atoms with Crippen LogP contribution in [0.25, 0.3) is 65.7 Å². The van der Waals surface area contributed by atoms with Gasteiger partial charge in [-0.05, 0) is 90.0 Å². The van der Waals surface area contributed by atoms with Crippen LogP contribution in [-0.2, 0) is 0 Å². The maximum absolute atomic E-state index is 9.37. The summed E-state index contributed by atoms with van der Waals surface area (Å²) in [6.45, 7) is 0. The van der Waals surface area contributed by atoms with Crippen LogP contribution in [0.3, 0.4) is 0 Å². The molecule has 0 amide bonds. The molecule has 0 radical (unpaired) electrons. The summed E-state index contributed by atoms with van der Waals surface area (Å²) in [6.07, 6.45) is 0. The van der Waals surface area contributed by atoms with Gasteiger partial charge in [-0.25, -0.2) is 0 Å². The highest BCUT2D eigenvalue weighted by Crippen LogP contribution is 2.45. The molecule has 0 atom stereocenters. The van der Waals surface area contributed by atoms with Gasteiger partial charge in [-0.15, -0.1) is 0 Å². The van der Waals surface area contributed by atoms with Crippen LogP contribution in [0.15, 0.2) is 140 Å². The van der Waals surface area contributed by atoms with Crippen molar-refractivity contribution < 1.29 is 0 Å². The Balaban J connectivity index is 1.57. The Bertz CT molecular complexity index is 1990. The van der Waals surface area contributed by atoms with Crippen LogP contribution in [0.1, 0.15) is 5.56 Å². The highest BCUT2D eigenvalue weighted by Gasteiger charge is 2.17. The summed E-state index contributed by atoms with van der Waals surface area (Å²) in [5, 5.41) is 16.7. The van der Waals surface area contributed by atoms with E-state index >= 15 is 0 Å². The lowest BCUT2D eigenvalue weighted by Crippen LogP contribution is -1.92. The first-order chi connectivity index (χ1) is 18.8. The molecule has 0 N–H and O–H groups in total. The monoisotopic (exact) mass is 481 g/mol. The molecular formula is C37H23N. The second-order valence-electron chi connectivity index (χ2n) is 9.67. The van der Waals surface area contributed by atoms with Gasteiger partial charge in [0.05, 0.1) is 11.6 Å². The Hall–Kier alpha value is -5.19. The number of benzene rings is 7. The summed E-state index contributed by atoms with van der Waals surface area (Å²) < 4.78 is 0. The second kappa shape index (κ2) is 9.04. The lowest BCUT2D eigenvalue weighted by molar-refractivity contribution is 1.49. The Morgan fingerprint density at radius 1 is 0.368 bits per heavy atom. The molecule has 1 nitrogen and oxygen atoms in total. The molecule has 0 bridgehead atoms. The van der Waals surface area contributed by atoms with Crippen molar-refractivity contribution in [2.75, 3.05) is 0 Å². The number of hydrogen-bond acceptors (Lipinski definition) is 1. The lowest BCUT2D eigenvalue weighted by Gasteiger charge is -2.19. The summed E-state index contributed by atoms with van der Waals surface area (Å²) in [5.74, 6) is 0. The van der Waals surface area contributed by atoms with Crippen molar-refractivity contribution in [1.82, 2.24) is 0 Å². The highest BCUT2D eigenvalue weighted by atomic mass is 14.2. The first-order valence-corrected chi connectivity index (χ1v) is 12.8. The molecule has 7 rings (SSSR count). The van der Waals surface area contributed by atoms with Gasteiger partial charge in [-0.1, -0.05) is 115 Å². The van der Waals surface area contributed by atoms with E-state index in [1.165, 1.54) is 60.1 Å². The van der Waals surface area contributed by atoms with E-state index in [4.69, 9.17) is 0 Å². The van der Waals surface area contributed by atoms with Gasteiger partial charge >= 0.3 is 0 Å². The number of nitriles is 1. The standard InChI is InChI=1S/C37H23N/c38-24-25-14-16-28(17-15-25)36-32-12-6-7-13-33(32)37(35-23-31-11-5-4-10-30(31)22-34(35)36)29-20-18-27(19-21-29)26-8-2-1-3-9-26/h1-23H. The minimum absolute atomic E-state index is 0.669. The minimum Gasteiger partial charge on any atom is -0.192 e. The zero-order valence-electron chi connectivity index (χ0n) is 20.7. The third kappa shape index (κ3) is 3.63. The Kier molecular flexibility index (Phi) is 5.24. The zero-order valence-corrected chi connectivity index (χ0v) is 20.7. The van der Waals surface area contributed by atoms with Crippen molar-refractivity contribution in [1.29, 1.82) is 5.26 Å². The second-order valence-corrected chi connectivity index (χ2v) is 9.67. The van der Waals surface area contributed by atoms with Crippen molar-refractivity contribution >= 4 is 32.3 Å². The van der Waals surface area contributed by atoms with Crippen LogP contribution in [0.5, 0.6) is 0 Å². The Labute approximate surface area is 221 Å². The van der Waals surface area contributed by atoms with Gasteiger partial charge in [0, 0.05) is 0 Å². The van der Waals surface area contributed by atoms with Crippen molar-refractivity contribution in [3.63, 3.8) is 0 Å². The Morgan fingerprint density at radius 3 is 1.32 bits per heavy atom. The van der Waals surface area contributed by atoms with Crippen molar-refractivity contribution in [3.8, 4) is 39.4 Å². The van der Waals surface area contributed by atoms with E-state index in [0.29, 0.717) is 5.56 Å². The maximum Gasteiger partial charge on any atom is 0.0991 e. The van der Waals surface area contributed by atoms with E-state index in [-0.39, 0.29) is 0 Å². The minimum atomic E-state index is 0.669. The third-order valence-electron chi connectivity index (χ3n) is 7.47. The zero-order chi connectivity index (χ0) is 25.5. The van der Waals surface area contributed by atoms with Crippen LogP contribution in [0.4, 0.5) is 0 Å². The van der Waals surface area contributed by atoms with Crippen molar-refractivity contribution in [2.24, 2.45) is 0 Å². The molecule has 0 saturated carbocycles. The van der Waals surface area contributed by atoms with Gasteiger partial charge < -0.3 is 0 Å². The topological polar surface area (TPSA) is 23.8 Å². The fourth-order valence-electron chi connectivity index (χ4n) is 5.66. The van der Waals surface area contributed by atoms with Gasteiger partial charge in [0.1, 0.15) is 0 Å². The molecule has 0 unspecified atom stereocenters. The SMILES string of the molecule is N#Cc1ccc(-c2c3ccccc3c(-c3ccc(-c4ccccc4)cc3)c3cc4ccccc4cc23)cc1. The molecule has 0 saturated heterocycles. The molecule has 176 valence electrons. The van der Waals surface area contributed by atoms with Gasteiger partial charge in [0.15, 0.2) is 0 Å². The summed E-state index contributed by atoms with van der Waals surface area (Å²) in [4.78, 5) is 0. The molecule has 0 heterocycles. The fourth-order valence-corrected chi connectivity index (χ4v) is 5.66. The quantitative estimate of drug-likeness (QED) is 0.230. The van der Waals surface area contributed by atoms with E-state index in [1.54, 1.807) is 0 Å². The van der Waals surface area contributed by atoms with Gasteiger partial charge in [0.2, 0.25) is 0 Å². The van der Waals surface area contributed by atoms with Gasteiger partial charge in [-0.3, -0.25) is 0 Å². The fraction of sp³-hybridized carbons (Fsp3) is 0. The van der Waals surface area contributed by atoms with Crippen LogP contribution in [0, 0.1) is 11.3 Å². The normalized spacial score (nSPS) is 11.1. The van der Waals surface area contributed by atoms with Crippen LogP contribution >= 0.6 is 0 Å². The van der Waals surface area contributed by atoms with E-state index < -0.39 is 0 Å². The van der Waals surface area contributed by atoms with E-state index in [9.17, 15) is 5.26 Å². The molecule has 0 fully saturated rings. The number of hydrogen-bond donors (Lipinski definition) is 0. The van der Waals surface area contributed by atoms with Gasteiger partial charge in [0.25, 0.3) is 0 Å². The number of rotatable bonds is 3. The molecule has 1 heteroatoms. The summed E-state index contributed by atoms with van der Waals surface area (Å²) in [5.41, 5.74) is 7.87. The summed E-state index contributed by atoms with van der Waals surface area (Å²) in [7, 11) is 0. The van der Waals surface area contributed by atoms with Crippen molar-refractivity contribution in [3.05, 3.63) is 145 Å². The lowest BCUT2D eigenvalue weighted by atomic mass is 9.84. The predicted molar refractivity (Wildman–Crippen MR) is 160 cm³/mol. The molecule has 0 aliphatic heterocycles. The number of fused-ring (bicyclic) bond motifs is 3. The van der Waals surface area contributed by atoms with Crippen LogP contribution in [-0.4, -0.2) is 0 Å². The molecule has 7 aromatic rings. The Morgan fingerprint density at radius 2 is 0.789 bits per heavy atom. The molecular weight excluding hydrogens is 458 g/mol. The summed E-state index contributed by atoms with van der Waals surface area (Å²) >= 11 is 0. The molecule has 0 aliphatic carbocycles. The van der Waals surface area contributed by atoms with E-state index in [2.05, 4.69) is 133 Å².